The third-order valence-corrected chi connectivity index (χ3v) is 2.74. The number of nitrogens with one attached hydrogen (secondary N) is 2. The van der Waals surface area contributed by atoms with Crippen LogP contribution in [-0.4, -0.2) is 49.1 Å². The zero-order valence-corrected chi connectivity index (χ0v) is 9.66. The highest BCUT2D eigenvalue weighted by atomic mass is 16.5. The molecule has 2 N–H and O–H groups in total. The molecule has 17 heavy (non-hydrogen) atoms. The lowest BCUT2D eigenvalue weighted by Crippen LogP contribution is -2.47. The topological polar surface area (TPSA) is 74.4 Å². The number of aromatic nitrogens is 1. The van der Waals surface area contributed by atoms with E-state index in [1.54, 1.807) is 4.90 Å². The smallest absolute Gasteiger partial charge is 0.263 e. The van der Waals surface area contributed by atoms with Gasteiger partial charge in [0.1, 0.15) is 5.56 Å². The van der Waals surface area contributed by atoms with Gasteiger partial charge in [0.2, 0.25) is 5.88 Å². The van der Waals surface area contributed by atoms with Crippen molar-refractivity contribution in [3.05, 3.63) is 28.0 Å². The first-order chi connectivity index (χ1) is 8.24. The standard InChI is InChI=1S/C11H15N3O3/c1-17-10-9(8(15)2-3-13-10)11(16)14-6-4-12-5-7-14/h2-3,12H,4-7H2,1H3,(H,13,15). The molecule has 1 fully saturated rings. The number of rotatable bonds is 2. The summed E-state index contributed by atoms with van der Waals surface area (Å²) in [6.45, 7) is 2.71. The van der Waals surface area contributed by atoms with Crippen molar-refractivity contribution in [3.8, 4) is 5.88 Å². The molecule has 0 bridgehead atoms. The van der Waals surface area contributed by atoms with E-state index < -0.39 is 0 Å². The fraction of sp³-hybridized carbons (Fsp3) is 0.455. The molecule has 1 saturated heterocycles. The Hall–Kier alpha value is -1.82. The molecule has 1 aromatic rings. The van der Waals surface area contributed by atoms with Crippen LogP contribution in [0.5, 0.6) is 5.88 Å². The SMILES string of the molecule is COc1[nH]ccc(=O)c1C(=O)N1CCNCC1. The molecule has 6 nitrogen and oxygen atoms in total. The van der Waals surface area contributed by atoms with Crippen molar-refractivity contribution in [1.29, 1.82) is 0 Å². The summed E-state index contributed by atoms with van der Waals surface area (Å²) in [6, 6.07) is 1.33. The molecule has 1 aliphatic heterocycles. The maximum Gasteiger partial charge on any atom is 0.263 e. The molecular weight excluding hydrogens is 222 g/mol. The summed E-state index contributed by atoms with van der Waals surface area (Å²) in [5.74, 6) is -0.0498. The molecule has 0 saturated carbocycles. The van der Waals surface area contributed by atoms with Crippen molar-refractivity contribution in [1.82, 2.24) is 15.2 Å². The van der Waals surface area contributed by atoms with Crippen LogP contribution in [0.1, 0.15) is 10.4 Å². The van der Waals surface area contributed by atoms with Crippen LogP contribution < -0.4 is 15.5 Å². The molecule has 1 aromatic heterocycles. The molecule has 1 amide bonds. The van der Waals surface area contributed by atoms with E-state index in [2.05, 4.69) is 10.3 Å². The van der Waals surface area contributed by atoms with Gasteiger partial charge in [0.05, 0.1) is 7.11 Å². The molecule has 2 heterocycles. The number of methoxy groups -OCH3 is 1. The average Bonchev–Trinajstić information content (AvgIpc) is 2.38. The van der Waals surface area contributed by atoms with E-state index in [1.165, 1.54) is 19.4 Å². The van der Waals surface area contributed by atoms with Crippen molar-refractivity contribution < 1.29 is 9.53 Å². The van der Waals surface area contributed by atoms with Gasteiger partial charge in [0, 0.05) is 38.4 Å². The maximum absolute atomic E-state index is 12.2. The predicted molar refractivity (Wildman–Crippen MR) is 62.4 cm³/mol. The molecule has 1 aliphatic rings. The van der Waals surface area contributed by atoms with Gasteiger partial charge in [0.15, 0.2) is 5.43 Å². The summed E-state index contributed by atoms with van der Waals surface area (Å²) >= 11 is 0. The monoisotopic (exact) mass is 237 g/mol. The fourth-order valence-corrected chi connectivity index (χ4v) is 1.85. The first-order valence-corrected chi connectivity index (χ1v) is 5.49. The number of aromatic amines is 1. The Balaban J connectivity index is 2.32. The van der Waals surface area contributed by atoms with E-state index in [9.17, 15) is 9.59 Å². The Morgan fingerprint density at radius 3 is 2.76 bits per heavy atom. The average molecular weight is 237 g/mol. The highest BCUT2D eigenvalue weighted by Gasteiger charge is 2.23. The van der Waals surface area contributed by atoms with Crippen LogP contribution in [-0.2, 0) is 0 Å². The number of hydrogen-bond acceptors (Lipinski definition) is 4. The van der Waals surface area contributed by atoms with E-state index >= 15 is 0 Å². The molecule has 0 atom stereocenters. The number of nitrogens with zero attached hydrogens (tertiary/aromatic N) is 1. The quantitative estimate of drug-likeness (QED) is 0.722. The zero-order valence-electron chi connectivity index (χ0n) is 9.66. The van der Waals surface area contributed by atoms with Gasteiger partial charge in [-0.2, -0.15) is 0 Å². The number of pyridine rings is 1. The Kier molecular flexibility index (Phi) is 3.43. The minimum absolute atomic E-state index is 0.0805. The summed E-state index contributed by atoms with van der Waals surface area (Å²) in [5, 5.41) is 3.15. The first-order valence-electron chi connectivity index (χ1n) is 5.49. The predicted octanol–water partition coefficient (Wildman–Crippen LogP) is -0.571. The van der Waals surface area contributed by atoms with E-state index in [0.29, 0.717) is 13.1 Å². The highest BCUT2D eigenvalue weighted by Crippen LogP contribution is 2.12. The molecule has 0 spiro atoms. The van der Waals surface area contributed by atoms with Crippen molar-refractivity contribution in [2.75, 3.05) is 33.3 Å². The van der Waals surface area contributed by atoms with E-state index in [1.807, 2.05) is 0 Å². The summed E-state index contributed by atoms with van der Waals surface area (Å²) in [4.78, 5) is 28.3. The molecule has 0 aliphatic carbocycles. The zero-order chi connectivity index (χ0) is 12.3. The molecule has 0 aromatic carbocycles. The van der Waals surface area contributed by atoms with Gasteiger partial charge in [-0.05, 0) is 0 Å². The van der Waals surface area contributed by atoms with E-state index in [4.69, 9.17) is 4.74 Å². The summed E-state index contributed by atoms with van der Waals surface area (Å²) in [5.41, 5.74) is -0.235. The fourth-order valence-electron chi connectivity index (χ4n) is 1.85. The van der Waals surface area contributed by atoms with Crippen LogP contribution >= 0.6 is 0 Å². The first kappa shape index (κ1) is 11.7. The highest BCUT2D eigenvalue weighted by molar-refractivity contribution is 5.96. The molecule has 92 valence electrons. The second-order valence-corrected chi connectivity index (χ2v) is 3.79. The Morgan fingerprint density at radius 1 is 1.41 bits per heavy atom. The molecular formula is C11H15N3O3. The maximum atomic E-state index is 12.2. The van der Waals surface area contributed by atoms with E-state index in [-0.39, 0.29) is 22.8 Å². The van der Waals surface area contributed by atoms with Gasteiger partial charge in [0.25, 0.3) is 5.91 Å². The molecule has 2 rings (SSSR count). The van der Waals surface area contributed by atoms with Gasteiger partial charge in [-0.1, -0.05) is 0 Å². The van der Waals surface area contributed by atoms with Crippen molar-refractivity contribution in [2.24, 2.45) is 0 Å². The number of amides is 1. The Bertz CT molecular complexity index is 463. The molecule has 6 heteroatoms. The van der Waals surface area contributed by atoms with Gasteiger partial charge in [-0.3, -0.25) is 9.59 Å². The Labute approximate surface area is 98.6 Å². The second-order valence-electron chi connectivity index (χ2n) is 3.79. The number of ether oxygens (including phenoxy) is 1. The number of carbonyl (C=O) groups excluding carboxylic acids is 1. The second kappa shape index (κ2) is 5.01. The van der Waals surface area contributed by atoms with Crippen LogP contribution in [0.4, 0.5) is 0 Å². The van der Waals surface area contributed by atoms with Crippen LogP contribution in [0.15, 0.2) is 17.1 Å². The minimum atomic E-state index is -0.316. The van der Waals surface area contributed by atoms with Crippen LogP contribution in [0.2, 0.25) is 0 Å². The van der Waals surface area contributed by atoms with Crippen molar-refractivity contribution in [3.63, 3.8) is 0 Å². The van der Waals surface area contributed by atoms with Crippen molar-refractivity contribution >= 4 is 5.91 Å². The lowest BCUT2D eigenvalue weighted by Gasteiger charge is -2.27. The lowest BCUT2D eigenvalue weighted by molar-refractivity contribution is 0.0730. The summed E-state index contributed by atoms with van der Waals surface area (Å²) in [6.07, 6.45) is 1.47. The third kappa shape index (κ3) is 2.31. The van der Waals surface area contributed by atoms with Gasteiger partial charge >= 0.3 is 0 Å². The number of piperazine rings is 1. The van der Waals surface area contributed by atoms with Crippen LogP contribution in [0.3, 0.4) is 0 Å². The lowest BCUT2D eigenvalue weighted by atomic mass is 10.2. The molecule has 0 unspecified atom stereocenters. The number of carbonyl (C=O) groups is 1. The number of hydrogen-bond donors (Lipinski definition) is 2. The van der Waals surface area contributed by atoms with Gasteiger partial charge < -0.3 is 19.9 Å². The molecule has 0 radical (unpaired) electrons. The van der Waals surface area contributed by atoms with Crippen LogP contribution in [0, 0.1) is 0 Å². The summed E-state index contributed by atoms with van der Waals surface area (Å²) in [7, 11) is 1.43. The normalized spacial score (nSPS) is 15.7. The van der Waals surface area contributed by atoms with Crippen LogP contribution in [0.25, 0.3) is 0 Å². The van der Waals surface area contributed by atoms with Crippen molar-refractivity contribution in [2.45, 2.75) is 0 Å². The number of H-pyrrole nitrogens is 1. The third-order valence-electron chi connectivity index (χ3n) is 2.74. The summed E-state index contributed by atoms with van der Waals surface area (Å²) < 4.78 is 5.02. The minimum Gasteiger partial charge on any atom is -0.482 e. The Morgan fingerprint density at radius 2 is 2.12 bits per heavy atom. The van der Waals surface area contributed by atoms with Gasteiger partial charge in [-0.25, -0.2) is 0 Å². The van der Waals surface area contributed by atoms with Gasteiger partial charge in [-0.15, -0.1) is 0 Å². The largest absolute Gasteiger partial charge is 0.482 e. The van der Waals surface area contributed by atoms with E-state index in [0.717, 1.165) is 13.1 Å².